The largest absolute Gasteiger partial charge is 0.369 e. The van der Waals surface area contributed by atoms with Crippen LogP contribution in [0.15, 0.2) is 0 Å². The molecule has 1 amide bonds. The SMILES string of the molecule is CCO[C@H](C)C(=O)N1CCCC[C@H]1C1OCCO1. The quantitative estimate of drug-likeness (QED) is 0.758. The summed E-state index contributed by atoms with van der Waals surface area (Å²) in [4.78, 5) is 14.2. The average molecular weight is 257 g/mol. The molecule has 0 N–H and O–H groups in total. The molecule has 0 aliphatic carbocycles. The van der Waals surface area contributed by atoms with Crippen molar-refractivity contribution in [2.75, 3.05) is 26.4 Å². The Morgan fingerprint density at radius 3 is 2.78 bits per heavy atom. The highest BCUT2D eigenvalue weighted by atomic mass is 16.7. The van der Waals surface area contributed by atoms with Crippen LogP contribution in [-0.2, 0) is 19.0 Å². The highest BCUT2D eigenvalue weighted by molar-refractivity contribution is 5.81. The summed E-state index contributed by atoms with van der Waals surface area (Å²) in [6.45, 7) is 6.31. The van der Waals surface area contributed by atoms with Gasteiger partial charge in [0.05, 0.1) is 19.3 Å². The van der Waals surface area contributed by atoms with Gasteiger partial charge in [-0.3, -0.25) is 4.79 Å². The average Bonchev–Trinajstić information content (AvgIpc) is 2.92. The van der Waals surface area contributed by atoms with Crippen LogP contribution in [-0.4, -0.2) is 55.6 Å². The standard InChI is InChI=1S/C13H23NO4/c1-3-16-10(2)12(15)14-7-5-4-6-11(14)13-17-8-9-18-13/h10-11,13H,3-9H2,1-2H3/t10-,11+/m1/s1. The number of likely N-dealkylation sites (tertiary alicyclic amines) is 1. The normalized spacial score (nSPS) is 27.4. The number of amides is 1. The van der Waals surface area contributed by atoms with Crippen molar-refractivity contribution in [2.24, 2.45) is 0 Å². The molecule has 0 unspecified atom stereocenters. The Bertz CT molecular complexity index is 278. The number of piperidine rings is 1. The van der Waals surface area contributed by atoms with Crippen molar-refractivity contribution in [1.29, 1.82) is 0 Å². The van der Waals surface area contributed by atoms with Crippen LogP contribution in [0.25, 0.3) is 0 Å². The van der Waals surface area contributed by atoms with Crippen LogP contribution < -0.4 is 0 Å². The smallest absolute Gasteiger partial charge is 0.251 e. The molecule has 18 heavy (non-hydrogen) atoms. The maximum Gasteiger partial charge on any atom is 0.251 e. The van der Waals surface area contributed by atoms with E-state index in [0.29, 0.717) is 19.8 Å². The first-order chi connectivity index (χ1) is 8.74. The van der Waals surface area contributed by atoms with Crippen molar-refractivity contribution < 1.29 is 19.0 Å². The molecule has 2 heterocycles. The molecule has 2 fully saturated rings. The maximum absolute atomic E-state index is 12.3. The minimum atomic E-state index is -0.378. The van der Waals surface area contributed by atoms with E-state index in [0.717, 1.165) is 25.8 Å². The van der Waals surface area contributed by atoms with Crippen LogP contribution in [0, 0.1) is 0 Å². The minimum absolute atomic E-state index is 0.0525. The van der Waals surface area contributed by atoms with Crippen molar-refractivity contribution in [3.05, 3.63) is 0 Å². The molecular weight excluding hydrogens is 234 g/mol. The lowest BCUT2D eigenvalue weighted by Crippen LogP contribution is -2.53. The van der Waals surface area contributed by atoms with E-state index in [1.165, 1.54) is 0 Å². The Kier molecular flexibility index (Phi) is 4.97. The number of hydrogen-bond acceptors (Lipinski definition) is 4. The van der Waals surface area contributed by atoms with Crippen LogP contribution in [0.4, 0.5) is 0 Å². The summed E-state index contributed by atoms with van der Waals surface area (Å²) >= 11 is 0. The topological polar surface area (TPSA) is 48.0 Å². The van der Waals surface area contributed by atoms with Crippen molar-refractivity contribution in [2.45, 2.75) is 51.5 Å². The highest BCUT2D eigenvalue weighted by Gasteiger charge is 2.37. The lowest BCUT2D eigenvalue weighted by atomic mass is 10.0. The first-order valence-corrected chi connectivity index (χ1v) is 6.89. The van der Waals surface area contributed by atoms with E-state index in [2.05, 4.69) is 0 Å². The van der Waals surface area contributed by atoms with Gasteiger partial charge in [-0.05, 0) is 33.1 Å². The van der Waals surface area contributed by atoms with Gasteiger partial charge in [0.25, 0.3) is 5.91 Å². The molecule has 5 nitrogen and oxygen atoms in total. The van der Waals surface area contributed by atoms with Gasteiger partial charge in [0, 0.05) is 13.2 Å². The third-order valence-electron chi connectivity index (χ3n) is 3.56. The van der Waals surface area contributed by atoms with Crippen LogP contribution in [0.3, 0.4) is 0 Å². The van der Waals surface area contributed by atoms with Gasteiger partial charge < -0.3 is 19.1 Å². The molecular formula is C13H23NO4. The van der Waals surface area contributed by atoms with E-state index >= 15 is 0 Å². The first-order valence-electron chi connectivity index (χ1n) is 6.89. The maximum atomic E-state index is 12.3. The fourth-order valence-corrected chi connectivity index (χ4v) is 2.67. The first kappa shape index (κ1) is 13.8. The van der Waals surface area contributed by atoms with E-state index in [9.17, 15) is 4.79 Å². The van der Waals surface area contributed by atoms with E-state index < -0.39 is 0 Å². The summed E-state index contributed by atoms with van der Waals surface area (Å²) in [7, 11) is 0. The van der Waals surface area contributed by atoms with E-state index in [1.54, 1.807) is 0 Å². The lowest BCUT2D eigenvalue weighted by Gasteiger charge is -2.39. The van der Waals surface area contributed by atoms with Gasteiger partial charge >= 0.3 is 0 Å². The summed E-state index contributed by atoms with van der Waals surface area (Å²) in [5.74, 6) is 0.0562. The Balaban J connectivity index is 2.00. The van der Waals surface area contributed by atoms with Crippen LogP contribution >= 0.6 is 0 Å². The third kappa shape index (κ3) is 3.02. The zero-order chi connectivity index (χ0) is 13.0. The highest BCUT2D eigenvalue weighted by Crippen LogP contribution is 2.25. The minimum Gasteiger partial charge on any atom is -0.369 e. The molecule has 0 aromatic heterocycles. The van der Waals surface area contributed by atoms with Crippen molar-refractivity contribution >= 4 is 5.91 Å². The van der Waals surface area contributed by atoms with Gasteiger partial charge in [0.15, 0.2) is 6.29 Å². The predicted molar refractivity (Wildman–Crippen MR) is 66.1 cm³/mol. The Morgan fingerprint density at radius 2 is 2.11 bits per heavy atom. The third-order valence-corrected chi connectivity index (χ3v) is 3.56. The molecule has 0 radical (unpaired) electrons. The van der Waals surface area contributed by atoms with E-state index in [1.807, 2.05) is 18.7 Å². The van der Waals surface area contributed by atoms with Gasteiger partial charge in [0.2, 0.25) is 0 Å². The molecule has 2 saturated heterocycles. The summed E-state index contributed by atoms with van der Waals surface area (Å²) in [6.07, 6.45) is 2.50. The van der Waals surface area contributed by atoms with E-state index in [4.69, 9.17) is 14.2 Å². The van der Waals surface area contributed by atoms with Gasteiger partial charge in [-0.15, -0.1) is 0 Å². The molecule has 104 valence electrons. The van der Waals surface area contributed by atoms with Crippen molar-refractivity contribution in [1.82, 2.24) is 4.90 Å². The molecule has 2 atom stereocenters. The van der Waals surface area contributed by atoms with Crippen molar-refractivity contribution in [3.8, 4) is 0 Å². The number of carbonyl (C=O) groups excluding carboxylic acids is 1. The lowest BCUT2D eigenvalue weighted by molar-refractivity contribution is -0.160. The van der Waals surface area contributed by atoms with Gasteiger partial charge in [-0.1, -0.05) is 0 Å². The second-order valence-electron chi connectivity index (χ2n) is 4.80. The summed E-state index contributed by atoms with van der Waals surface area (Å²) in [5.41, 5.74) is 0. The number of carbonyl (C=O) groups is 1. The molecule has 2 rings (SSSR count). The number of nitrogens with zero attached hydrogens (tertiary/aromatic N) is 1. The summed E-state index contributed by atoms with van der Waals surface area (Å²) < 4.78 is 16.5. The number of hydrogen-bond donors (Lipinski definition) is 0. The Morgan fingerprint density at radius 1 is 1.39 bits per heavy atom. The number of ether oxygens (including phenoxy) is 3. The summed E-state index contributed by atoms with van der Waals surface area (Å²) in [6, 6.07) is 0.0525. The fourth-order valence-electron chi connectivity index (χ4n) is 2.67. The van der Waals surface area contributed by atoms with Crippen molar-refractivity contribution in [3.63, 3.8) is 0 Å². The van der Waals surface area contributed by atoms with E-state index in [-0.39, 0.29) is 24.3 Å². The molecule has 0 aromatic carbocycles. The number of rotatable bonds is 4. The van der Waals surface area contributed by atoms with Crippen LogP contribution in [0.5, 0.6) is 0 Å². The van der Waals surface area contributed by atoms with Gasteiger partial charge in [-0.2, -0.15) is 0 Å². The zero-order valence-corrected chi connectivity index (χ0v) is 11.3. The molecule has 0 aromatic rings. The molecule has 2 aliphatic rings. The molecule has 2 aliphatic heterocycles. The predicted octanol–water partition coefficient (Wildman–Crippen LogP) is 1.17. The second kappa shape index (κ2) is 6.50. The molecule has 0 spiro atoms. The fraction of sp³-hybridized carbons (Fsp3) is 0.923. The van der Waals surface area contributed by atoms with Crippen LogP contribution in [0.1, 0.15) is 33.1 Å². The Labute approximate surface area is 108 Å². The second-order valence-corrected chi connectivity index (χ2v) is 4.80. The molecule has 0 saturated carbocycles. The Hall–Kier alpha value is -0.650. The zero-order valence-electron chi connectivity index (χ0n) is 11.3. The molecule has 0 bridgehead atoms. The summed E-state index contributed by atoms with van der Waals surface area (Å²) in [5, 5.41) is 0. The van der Waals surface area contributed by atoms with Gasteiger partial charge in [0.1, 0.15) is 6.10 Å². The van der Waals surface area contributed by atoms with Crippen LogP contribution in [0.2, 0.25) is 0 Å². The monoisotopic (exact) mass is 257 g/mol. The molecule has 5 heteroatoms. The van der Waals surface area contributed by atoms with Gasteiger partial charge in [-0.25, -0.2) is 0 Å².